The Balaban J connectivity index is 1.65. The van der Waals surface area contributed by atoms with E-state index in [4.69, 9.17) is 9.47 Å². The first-order valence-electron chi connectivity index (χ1n) is 12.9. The van der Waals surface area contributed by atoms with Gasteiger partial charge in [0.2, 0.25) is 5.91 Å². The number of halogens is 6. The fourth-order valence-electron chi connectivity index (χ4n) is 4.82. The molecule has 1 aliphatic heterocycles. The summed E-state index contributed by atoms with van der Waals surface area (Å²) in [6, 6.07) is 7.95. The maximum Gasteiger partial charge on any atom is 0.418 e. The molecule has 2 fully saturated rings. The van der Waals surface area contributed by atoms with Gasteiger partial charge in [-0.15, -0.1) is 0 Å². The van der Waals surface area contributed by atoms with Crippen LogP contribution in [0, 0.1) is 5.92 Å². The summed E-state index contributed by atoms with van der Waals surface area (Å²) in [4.78, 5) is 24.5. The summed E-state index contributed by atoms with van der Waals surface area (Å²) in [5.74, 6) is -1.83. The van der Waals surface area contributed by atoms with Gasteiger partial charge in [-0.2, -0.15) is 26.3 Å². The number of aliphatic carboxylic acids is 1. The summed E-state index contributed by atoms with van der Waals surface area (Å²) in [6.07, 6.45) is -7.91. The minimum absolute atomic E-state index is 0.178. The van der Waals surface area contributed by atoms with Crippen LogP contribution in [0.15, 0.2) is 52.3 Å². The molecular formula is C28H27F6NO5S. The molecule has 0 unspecified atom stereocenters. The summed E-state index contributed by atoms with van der Waals surface area (Å²) >= 11 is 0.496. The van der Waals surface area contributed by atoms with Crippen molar-refractivity contribution in [3.63, 3.8) is 0 Å². The number of carbonyl (C=O) groups excluding carboxylic acids is 1. The van der Waals surface area contributed by atoms with Crippen molar-refractivity contribution in [1.82, 2.24) is 4.90 Å². The number of benzene rings is 2. The topological polar surface area (TPSA) is 76.1 Å². The molecule has 0 bridgehead atoms. The van der Waals surface area contributed by atoms with Crippen molar-refractivity contribution in [3.8, 4) is 5.75 Å². The molecule has 1 aliphatic carbocycles. The molecule has 1 amide bonds. The number of carboxylic acids is 1. The van der Waals surface area contributed by atoms with Gasteiger partial charge in [-0.05, 0) is 55.5 Å². The molecule has 0 atom stereocenters. The number of amides is 1. The molecule has 2 aliphatic rings. The number of hydrogen-bond donors (Lipinski definition) is 1. The van der Waals surface area contributed by atoms with Gasteiger partial charge in [0, 0.05) is 24.1 Å². The number of nitrogens with zero attached hydrogens (tertiary/aromatic N) is 1. The number of para-hydroxylation sites is 1. The Bertz CT molecular complexity index is 1280. The van der Waals surface area contributed by atoms with Gasteiger partial charge in [-0.1, -0.05) is 30.0 Å². The second-order valence-corrected chi connectivity index (χ2v) is 10.7. The number of hydrogen-bond acceptors (Lipinski definition) is 5. The van der Waals surface area contributed by atoms with Crippen LogP contribution >= 0.6 is 11.8 Å². The van der Waals surface area contributed by atoms with Crippen LogP contribution in [0.1, 0.15) is 42.4 Å². The Labute approximate surface area is 236 Å². The maximum atomic E-state index is 14.3. The standard InChI is InChI=1S/C28H27F6NO5S/c29-27(30,31)24-17(8-12-23(36)35-13-15-39-16-14-35)7-11-22(25(24)28(32,33)34)41-21-4-2-1-3-20(21)40-19-9-5-18(6-10-19)26(37)38/h1-4,7-8,11-12,18-19H,5-6,9-10,13-16H2,(H,37,38)/t18-,19-. The van der Waals surface area contributed by atoms with Gasteiger partial charge in [-0.3, -0.25) is 9.59 Å². The lowest BCUT2D eigenvalue weighted by Gasteiger charge is -2.27. The van der Waals surface area contributed by atoms with Crippen LogP contribution in [-0.2, 0) is 26.7 Å². The molecule has 1 N–H and O–H groups in total. The third-order valence-corrected chi connectivity index (χ3v) is 8.00. The number of ether oxygens (including phenoxy) is 2. The Morgan fingerprint density at radius 3 is 2.15 bits per heavy atom. The van der Waals surface area contributed by atoms with Crippen LogP contribution in [0.4, 0.5) is 26.3 Å². The summed E-state index contributed by atoms with van der Waals surface area (Å²) in [7, 11) is 0. The quantitative estimate of drug-likeness (QED) is 0.278. The van der Waals surface area contributed by atoms with E-state index in [1.54, 1.807) is 6.07 Å². The van der Waals surface area contributed by atoms with Gasteiger partial charge < -0.3 is 19.5 Å². The van der Waals surface area contributed by atoms with E-state index in [-0.39, 0.29) is 43.1 Å². The third kappa shape index (κ3) is 7.76. The van der Waals surface area contributed by atoms with E-state index in [9.17, 15) is 41.0 Å². The van der Waals surface area contributed by atoms with Crippen LogP contribution in [0.2, 0.25) is 0 Å². The first-order valence-corrected chi connectivity index (χ1v) is 13.7. The number of carbonyl (C=O) groups is 2. The van der Waals surface area contributed by atoms with E-state index in [0.717, 1.165) is 24.3 Å². The van der Waals surface area contributed by atoms with Gasteiger partial charge in [0.25, 0.3) is 0 Å². The van der Waals surface area contributed by atoms with Gasteiger partial charge in [-0.25, -0.2) is 0 Å². The van der Waals surface area contributed by atoms with E-state index in [1.165, 1.54) is 23.1 Å². The van der Waals surface area contributed by atoms with E-state index in [1.807, 2.05) is 0 Å². The van der Waals surface area contributed by atoms with Crippen molar-refractivity contribution in [2.45, 2.75) is 53.9 Å². The molecule has 2 aromatic rings. The highest BCUT2D eigenvalue weighted by Gasteiger charge is 2.46. The van der Waals surface area contributed by atoms with Crippen molar-refractivity contribution < 1.29 is 50.5 Å². The van der Waals surface area contributed by atoms with E-state index >= 15 is 0 Å². The van der Waals surface area contributed by atoms with Crippen LogP contribution in [0.25, 0.3) is 6.08 Å². The molecule has 13 heteroatoms. The average Bonchev–Trinajstić information content (AvgIpc) is 2.92. The average molecular weight is 604 g/mol. The van der Waals surface area contributed by atoms with Crippen LogP contribution in [-0.4, -0.2) is 54.3 Å². The highest BCUT2D eigenvalue weighted by Crippen LogP contribution is 2.49. The predicted molar refractivity (Wildman–Crippen MR) is 137 cm³/mol. The lowest BCUT2D eigenvalue weighted by molar-refractivity contribution is -0.163. The molecule has 41 heavy (non-hydrogen) atoms. The maximum absolute atomic E-state index is 14.3. The summed E-state index contributed by atoms with van der Waals surface area (Å²) < 4.78 is 96.5. The Hall–Kier alpha value is -3.19. The summed E-state index contributed by atoms with van der Waals surface area (Å²) in [5, 5.41) is 9.19. The molecule has 222 valence electrons. The minimum atomic E-state index is -5.37. The van der Waals surface area contributed by atoms with Crippen molar-refractivity contribution in [1.29, 1.82) is 0 Å². The largest absolute Gasteiger partial charge is 0.489 e. The van der Waals surface area contributed by atoms with E-state index in [2.05, 4.69) is 0 Å². The molecule has 1 saturated heterocycles. The van der Waals surface area contributed by atoms with Crippen LogP contribution in [0.3, 0.4) is 0 Å². The zero-order chi connectivity index (χ0) is 29.8. The fraction of sp³-hybridized carbons (Fsp3) is 0.429. The van der Waals surface area contributed by atoms with E-state index < -0.39 is 51.7 Å². The second kappa shape index (κ2) is 12.8. The van der Waals surface area contributed by atoms with Crippen molar-refractivity contribution in [2.24, 2.45) is 5.92 Å². The Morgan fingerprint density at radius 2 is 1.54 bits per heavy atom. The van der Waals surface area contributed by atoms with Crippen molar-refractivity contribution in [2.75, 3.05) is 26.3 Å². The zero-order valence-corrected chi connectivity index (χ0v) is 22.5. The van der Waals surface area contributed by atoms with Gasteiger partial charge >= 0.3 is 18.3 Å². The smallest absolute Gasteiger partial charge is 0.418 e. The monoisotopic (exact) mass is 603 g/mol. The highest BCUT2D eigenvalue weighted by atomic mass is 32.2. The van der Waals surface area contributed by atoms with Gasteiger partial charge in [0.1, 0.15) is 5.75 Å². The molecular weight excluding hydrogens is 576 g/mol. The molecule has 2 aromatic carbocycles. The lowest BCUT2D eigenvalue weighted by atomic mass is 9.87. The number of alkyl halides is 6. The zero-order valence-electron chi connectivity index (χ0n) is 21.6. The molecule has 4 rings (SSSR count). The first kappa shape index (κ1) is 30.8. The minimum Gasteiger partial charge on any atom is -0.489 e. The number of rotatable bonds is 7. The molecule has 1 saturated carbocycles. The molecule has 0 radical (unpaired) electrons. The lowest BCUT2D eigenvalue weighted by Crippen LogP contribution is -2.39. The molecule has 0 aromatic heterocycles. The fourth-order valence-corrected chi connectivity index (χ4v) is 5.87. The van der Waals surface area contributed by atoms with E-state index in [0.29, 0.717) is 37.4 Å². The highest BCUT2D eigenvalue weighted by molar-refractivity contribution is 7.99. The SMILES string of the molecule is O=C(C=Cc1ccc(Sc2ccccc2O[C@H]2CC[C@H](C(=O)O)CC2)c(C(F)(F)F)c1C(F)(F)F)N1CCOCC1. The van der Waals surface area contributed by atoms with Crippen LogP contribution < -0.4 is 4.74 Å². The molecule has 0 spiro atoms. The Kier molecular flexibility index (Phi) is 9.58. The van der Waals surface area contributed by atoms with Crippen molar-refractivity contribution in [3.05, 3.63) is 59.2 Å². The van der Waals surface area contributed by atoms with Gasteiger partial charge in [0.05, 0.1) is 41.3 Å². The molecule has 6 nitrogen and oxygen atoms in total. The number of morpholine rings is 1. The Morgan fingerprint density at radius 1 is 0.902 bits per heavy atom. The predicted octanol–water partition coefficient (Wildman–Crippen LogP) is 6.77. The van der Waals surface area contributed by atoms with Crippen molar-refractivity contribution >= 4 is 29.7 Å². The van der Waals surface area contributed by atoms with Crippen LogP contribution in [0.5, 0.6) is 5.75 Å². The summed E-state index contributed by atoms with van der Waals surface area (Å²) in [5.41, 5.74) is -4.52. The second-order valence-electron chi connectivity index (χ2n) is 9.65. The normalized spacial score (nSPS) is 20.3. The number of carboxylic acid groups (broad SMARTS) is 1. The third-order valence-electron chi connectivity index (χ3n) is 6.88. The molecule has 1 heterocycles. The summed E-state index contributed by atoms with van der Waals surface area (Å²) in [6.45, 7) is 0.959. The first-order chi connectivity index (χ1) is 19.3. The van der Waals surface area contributed by atoms with Gasteiger partial charge in [0.15, 0.2) is 0 Å².